The van der Waals surface area contributed by atoms with E-state index >= 15 is 0 Å². The summed E-state index contributed by atoms with van der Waals surface area (Å²) in [7, 11) is 0. The molecule has 1 saturated carbocycles. The van der Waals surface area contributed by atoms with E-state index in [1.807, 2.05) is 9.80 Å². The Morgan fingerprint density at radius 1 is 1.00 bits per heavy atom. The van der Waals surface area contributed by atoms with Gasteiger partial charge < -0.3 is 14.7 Å². The fourth-order valence-corrected chi connectivity index (χ4v) is 5.11. The summed E-state index contributed by atoms with van der Waals surface area (Å²) in [6.07, 6.45) is 1.18. The maximum absolute atomic E-state index is 12.8. The molecule has 4 rings (SSSR count). The van der Waals surface area contributed by atoms with Gasteiger partial charge in [0.05, 0.1) is 5.56 Å². The zero-order chi connectivity index (χ0) is 21.4. The Balaban J connectivity index is 1.25. The van der Waals surface area contributed by atoms with Crippen LogP contribution in [0, 0.1) is 11.3 Å². The summed E-state index contributed by atoms with van der Waals surface area (Å²) >= 11 is 0. The molecule has 0 bridgehead atoms. The molecule has 1 spiro atoms. The second-order valence-corrected chi connectivity index (χ2v) is 9.33. The number of hydrogen-bond donors (Lipinski definition) is 0. The molecular weight excluding hydrogens is 391 g/mol. The molecule has 1 atom stereocenters. The molecule has 0 unspecified atom stereocenters. The topological polar surface area (TPSA) is 26.8 Å². The molecule has 7 heteroatoms. The average molecular weight is 424 g/mol. The number of hydrogen-bond acceptors (Lipinski definition) is 3. The Hall–Kier alpha value is -1.76. The van der Waals surface area contributed by atoms with Gasteiger partial charge in [-0.3, -0.25) is 4.79 Å². The molecule has 1 aromatic carbocycles. The van der Waals surface area contributed by atoms with E-state index in [9.17, 15) is 18.0 Å². The van der Waals surface area contributed by atoms with Crippen molar-refractivity contribution in [2.24, 2.45) is 11.3 Å². The van der Waals surface area contributed by atoms with Crippen molar-refractivity contribution in [2.75, 3.05) is 50.7 Å². The van der Waals surface area contributed by atoms with Crippen molar-refractivity contribution >= 4 is 11.6 Å². The van der Waals surface area contributed by atoms with Gasteiger partial charge in [-0.15, -0.1) is 0 Å². The van der Waals surface area contributed by atoms with Crippen LogP contribution in [0.15, 0.2) is 24.3 Å². The van der Waals surface area contributed by atoms with E-state index in [1.165, 1.54) is 44.5 Å². The number of rotatable bonds is 5. The summed E-state index contributed by atoms with van der Waals surface area (Å²) in [5.41, 5.74) is 0.756. The van der Waals surface area contributed by atoms with Crippen LogP contribution in [0.1, 0.15) is 44.6 Å². The minimum absolute atomic E-state index is 0.147. The van der Waals surface area contributed by atoms with E-state index < -0.39 is 11.7 Å². The monoisotopic (exact) mass is 423 g/mol. The summed E-state index contributed by atoms with van der Waals surface area (Å²) in [5.74, 6) is 0.928. The number of alkyl halides is 3. The van der Waals surface area contributed by atoms with Gasteiger partial charge >= 0.3 is 6.18 Å². The van der Waals surface area contributed by atoms with Crippen molar-refractivity contribution in [2.45, 2.75) is 45.2 Å². The summed E-state index contributed by atoms with van der Waals surface area (Å²) in [6, 6.07) is 5.25. The van der Waals surface area contributed by atoms with Crippen molar-refractivity contribution in [3.05, 3.63) is 29.8 Å². The second-order valence-electron chi connectivity index (χ2n) is 9.33. The van der Waals surface area contributed by atoms with Crippen molar-refractivity contribution in [3.63, 3.8) is 0 Å². The summed E-state index contributed by atoms with van der Waals surface area (Å²) < 4.78 is 38.3. The van der Waals surface area contributed by atoms with Crippen molar-refractivity contribution in [3.8, 4) is 0 Å². The Morgan fingerprint density at radius 2 is 1.73 bits per heavy atom. The van der Waals surface area contributed by atoms with Gasteiger partial charge in [0, 0.05) is 44.8 Å². The smallest absolute Gasteiger partial charge is 0.369 e. The standard InChI is InChI=1S/C23H32F3N3O/c1-18-17-27(14-10-22(18)8-9-22)11-2-12-29-16-15-28(13-7-21(29)30)20-5-3-19(4-6-20)23(24,25)26/h3-6,18H,2,7-17H2,1H3/t18-/m1/s1. The lowest BCUT2D eigenvalue weighted by Gasteiger charge is -2.37. The SMILES string of the molecule is C[C@@H]1CN(CCCN2CCN(c3ccc(C(F)(F)F)cc3)CCC2=O)CCC12CC2. The Kier molecular flexibility index (Phi) is 6.02. The fourth-order valence-electron chi connectivity index (χ4n) is 5.11. The van der Waals surface area contributed by atoms with Gasteiger partial charge in [0.1, 0.15) is 0 Å². The highest BCUT2D eigenvalue weighted by Crippen LogP contribution is 2.56. The maximum atomic E-state index is 12.8. The van der Waals surface area contributed by atoms with Gasteiger partial charge in [-0.05, 0) is 74.4 Å². The lowest BCUT2D eigenvalue weighted by molar-refractivity contribution is -0.137. The maximum Gasteiger partial charge on any atom is 0.416 e. The Bertz CT molecular complexity index is 745. The molecule has 1 aliphatic carbocycles. The number of amides is 1. The molecule has 166 valence electrons. The van der Waals surface area contributed by atoms with E-state index in [0.717, 1.165) is 43.2 Å². The highest BCUT2D eigenvalue weighted by Gasteiger charge is 2.49. The van der Waals surface area contributed by atoms with Crippen LogP contribution >= 0.6 is 0 Å². The Morgan fingerprint density at radius 3 is 2.37 bits per heavy atom. The number of piperidine rings is 1. The van der Waals surface area contributed by atoms with Crippen LogP contribution in [-0.4, -0.2) is 61.5 Å². The van der Waals surface area contributed by atoms with Gasteiger partial charge in [0.2, 0.25) is 5.91 Å². The van der Waals surface area contributed by atoms with Crippen LogP contribution in [-0.2, 0) is 11.0 Å². The predicted molar refractivity (Wildman–Crippen MR) is 111 cm³/mol. The first-order valence-corrected chi connectivity index (χ1v) is 11.2. The van der Waals surface area contributed by atoms with Gasteiger partial charge in [0.15, 0.2) is 0 Å². The van der Waals surface area contributed by atoms with Crippen LogP contribution in [0.25, 0.3) is 0 Å². The highest BCUT2D eigenvalue weighted by atomic mass is 19.4. The molecule has 2 aliphatic heterocycles. The molecule has 0 aromatic heterocycles. The predicted octanol–water partition coefficient (Wildman–Crippen LogP) is 4.26. The molecule has 0 N–H and O–H groups in total. The van der Waals surface area contributed by atoms with Crippen molar-refractivity contribution < 1.29 is 18.0 Å². The second kappa shape index (κ2) is 8.40. The van der Waals surface area contributed by atoms with E-state index in [2.05, 4.69) is 11.8 Å². The highest BCUT2D eigenvalue weighted by molar-refractivity contribution is 5.77. The van der Waals surface area contributed by atoms with Crippen LogP contribution in [0.5, 0.6) is 0 Å². The zero-order valence-corrected chi connectivity index (χ0v) is 17.8. The summed E-state index contributed by atoms with van der Waals surface area (Å²) in [4.78, 5) is 19.0. The van der Waals surface area contributed by atoms with Crippen LogP contribution in [0.4, 0.5) is 18.9 Å². The first-order chi connectivity index (χ1) is 14.3. The molecule has 3 aliphatic rings. The number of nitrogens with zero attached hydrogens (tertiary/aromatic N) is 3. The average Bonchev–Trinajstić information content (AvgIpc) is 3.51. The molecule has 30 heavy (non-hydrogen) atoms. The number of halogens is 3. The van der Waals surface area contributed by atoms with Gasteiger partial charge in [-0.1, -0.05) is 6.92 Å². The third kappa shape index (κ3) is 4.76. The van der Waals surface area contributed by atoms with Gasteiger partial charge in [-0.2, -0.15) is 13.2 Å². The zero-order valence-electron chi connectivity index (χ0n) is 17.8. The largest absolute Gasteiger partial charge is 0.416 e. The molecular formula is C23H32F3N3O. The minimum atomic E-state index is -4.32. The van der Waals surface area contributed by atoms with E-state index in [-0.39, 0.29) is 5.91 Å². The van der Waals surface area contributed by atoms with E-state index in [4.69, 9.17) is 0 Å². The van der Waals surface area contributed by atoms with Crippen LogP contribution in [0.3, 0.4) is 0 Å². The number of anilines is 1. The number of benzene rings is 1. The van der Waals surface area contributed by atoms with Gasteiger partial charge in [-0.25, -0.2) is 0 Å². The van der Waals surface area contributed by atoms with E-state index in [0.29, 0.717) is 31.5 Å². The van der Waals surface area contributed by atoms with Crippen molar-refractivity contribution in [1.82, 2.24) is 9.80 Å². The molecule has 1 amide bonds. The number of carbonyl (C=O) groups is 1. The molecule has 0 radical (unpaired) electrons. The fraction of sp³-hybridized carbons (Fsp3) is 0.696. The molecule has 1 aromatic rings. The third-order valence-corrected chi connectivity index (χ3v) is 7.45. The summed E-state index contributed by atoms with van der Waals surface area (Å²) in [6.45, 7) is 8.36. The van der Waals surface area contributed by atoms with Crippen LogP contribution < -0.4 is 4.90 Å². The minimum Gasteiger partial charge on any atom is -0.369 e. The summed E-state index contributed by atoms with van der Waals surface area (Å²) in [5, 5.41) is 0. The normalized spacial score (nSPS) is 24.9. The Labute approximate surface area is 177 Å². The number of carbonyl (C=O) groups excluding carboxylic acids is 1. The lowest BCUT2D eigenvalue weighted by Crippen LogP contribution is -2.42. The third-order valence-electron chi connectivity index (χ3n) is 7.45. The van der Waals surface area contributed by atoms with Crippen LogP contribution in [0.2, 0.25) is 0 Å². The number of likely N-dealkylation sites (tertiary alicyclic amines) is 1. The molecule has 4 nitrogen and oxygen atoms in total. The van der Waals surface area contributed by atoms with E-state index in [1.54, 1.807) is 0 Å². The first-order valence-electron chi connectivity index (χ1n) is 11.2. The molecule has 3 fully saturated rings. The van der Waals surface area contributed by atoms with Gasteiger partial charge in [0.25, 0.3) is 0 Å². The molecule has 2 heterocycles. The quantitative estimate of drug-likeness (QED) is 0.708. The first kappa shape index (κ1) is 21.5. The molecule has 2 saturated heterocycles. The lowest BCUT2D eigenvalue weighted by atomic mass is 9.83. The van der Waals surface area contributed by atoms with Crippen molar-refractivity contribution in [1.29, 1.82) is 0 Å².